The van der Waals surface area contributed by atoms with E-state index in [1.54, 1.807) is 0 Å². The Hall–Kier alpha value is 0.0499. The van der Waals surface area contributed by atoms with Gasteiger partial charge in [0, 0.05) is 0 Å². The Labute approximate surface area is 82.9 Å². The third-order valence-corrected chi connectivity index (χ3v) is 0. The Bertz CT molecular complexity index is 58.0. The summed E-state index contributed by atoms with van der Waals surface area (Å²) >= 11 is 0. The molecule has 4 heteroatoms. The van der Waals surface area contributed by atoms with Gasteiger partial charge in [0.1, 0.15) is 0 Å². The predicted molar refractivity (Wildman–Crippen MR) is 70.6 cm³/mol. The van der Waals surface area contributed by atoms with E-state index >= 15 is 0 Å². The van der Waals surface area contributed by atoms with Crippen LogP contribution in [-0.4, -0.2) is 82.2 Å². The minimum Gasteiger partial charge on any atom is -0.333 e. The van der Waals surface area contributed by atoms with Crippen LogP contribution in [0.1, 0.15) is 0 Å². The van der Waals surface area contributed by atoms with E-state index in [4.69, 9.17) is 0 Å². The summed E-state index contributed by atoms with van der Waals surface area (Å²) in [5.74, 6) is 0. The first-order chi connectivity index (χ1) is 4.00. The van der Waals surface area contributed by atoms with E-state index in [2.05, 4.69) is 56.4 Å². The highest BCUT2D eigenvalue weighted by Gasteiger charge is 1.88. The Morgan fingerprint density at radius 2 is 0.417 bits per heavy atom. The molecule has 0 aromatic heterocycles. The summed E-state index contributed by atoms with van der Waals surface area (Å²) < 4.78 is 2.00. The highest BCUT2D eigenvalue weighted by atomic mass is 15.2. The number of rotatable bonds is 0. The molecule has 0 N–H and O–H groups in total. The van der Waals surface area contributed by atoms with Crippen LogP contribution in [0.2, 0.25) is 0 Å². The molecule has 0 aromatic rings. The topological polar surface area (TPSA) is 0 Å². The number of nitrogens with zero attached hydrogens (tertiary/aromatic N) is 2. The van der Waals surface area contributed by atoms with Gasteiger partial charge in [-0.25, -0.2) is 0 Å². The molecule has 80 valence electrons. The van der Waals surface area contributed by atoms with Crippen LogP contribution >= 0.6 is 0 Å². The fraction of sp³-hybridized carbons (Fsp3) is 1.00. The summed E-state index contributed by atoms with van der Waals surface area (Å²) in [6, 6.07) is 0. The standard InChI is InChI=1S/2C4H12N.2BH4/c2*1-5(2,3)4;;/h2*1-4H3;2*1H4/q2*+1;2*-1. The van der Waals surface area contributed by atoms with Crippen molar-refractivity contribution in [2.45, 2.75) is 0 Å². The lowest BCUT2D eigenvalue weighted by Crippen LogP contribution is -2.27. The Morgan fingerprint density at radius 3 is 0.417 bits per heavy atom. The molecule has 0 saturated carbocycles. The highest BCUT2D eigenvalue weighted by molar-refractivity contribution is 5.76. The zero-order valence-corrected chi connectivity index (χ0v) is 8.89. The number of hydrogen-bond acceptors (Lipinski definition) is 0. The fourth-order valence-electron chi connectivity index (χ4n) is 0. The lowest BCUT2D eigenvalue weighted by Gasteiger charge is -2.14. The van der Waals surface area contributed by atoms with Crippen molar-refractivity contribution in [3.05, 3.63) is 0 Å². The summed E-state index contributed by atoms with van der Waals surface area (Å²) in [5.41, 5.74) is 0. The van der Waals surface area contributed by atoms with Crippen molar-refractivity contribution in [2.75, 3.05) is 56.4 Å². The summed E-state index contributed by atoms with van der Waals surface area (Å²) in [6.07, 6.45) is 0. The van der Waals surface area contributed by atoms with Crippen molar-refractivity contribution in [2.24, 2.45) is 0 Å². The summed E-state index contributed by atoms with van der Waals surface area (Å²) in [7, 11) is 17.0. The predicted octanol–water partition coefficient (Wildman–Crippen LogP) is -2.26. The molecule has 0 aliphatic rings. The molecule has 0 amide bonds. The van der Waals surface area contributed by atoms with E-state index in [-0.39, 0.29) is 16.8 Å². The largest absolute Gasteiger partial charge is 0.333 e. The second-order valence-electron chi connectivity index (χ2n) is 5.37. The molecule has 2 nitrogen and oxygen atoms in total. The first kappa shape index (κ1) is 22.7. The van der Waals surface area contributed by atoms with Crippen LogP contribution in [0.4, 0.5) is 0 Å². The van der Waals surface area contributed by atoms with Crippen LogP contribution in [0.15, 0.2) is 0 Å². The molecule has 0 aromatic carbocycles. The lowest BCUT2D eigenvalue weighted by molar-refractivity contribution is -0.849. The second-order valence-corrected chi connectivity index (χ2v) is 5.37. The number of hydrogen-bond donors (Lipinski definition) is 0. The monoisotopic (exact) mass is 178 g/mol. The zero-order valence-electron chi connectivity index (χ0n) is 8.89. The van der Waals surface area contributed by atoms with E-state index < -0.39 is 0 Å². The molecule has 0 bridgehead atoms. The first-order valence-corrected chi connectivity index (χ1v) is 3.58. The molecule has 0 rings (SSSR count). The molecule has 12 heavy (non-hydrogen) atoms. The Balaban J connectivity index is -0.0000000457. The molecule has 0 heterocycles. The fourth-order valence-corrected chi connectivity index (χ4v) is 0. The first-order valence-electron chi connectivity index (χ1n) is 3.58. The van der Waals surface area contributed by atoms with Gasteiger partial charge in [-0.3, -0.25) is 0 Å². The summed E-state index contributed by atoms with van der Waals surface area (Å²) in [4.78, 5) is 0. The number of quaternary nitrogens is 2. The van der Waals surface area contributed by atoms with Gasteiger partial charge in [0.2, 0.25) is 0 Å². The average Bonchev–Trinajstić information content (AvgIpc) is 1.12. The van der Waals surface area contributed by atoms with Crippen LogP contribution in [0.25, 0.3) is 0 Å². The lowest BCUT2D eigenvalue weighted by atomic mass is 10.8. The van der Waals surface area contributed by atoms with Crippen molar-refractivity contribution >= 4 is 16.8 Å². The summed E-state index contributed by atoms with van der Waals surface area (Å²) in [5, 5.41) is 0. The SMILES string of the molecule is C[N+](C)(C)C.C[N+](C)(C)C.[BH4-].[BH4-]. The van der Waals surface area contributed by atoms with Crippen molar-refractivity contribution in [1.29, 1.82) is 0 Å². The van der Waals surface area contributed by atoms with E-state index in [0.29, 0.717) is 0 Å². The smallest absolute Gasteiger partial charge is 0.0675 e. The minimum atomic E-state index is 0. The van der Waals surface area contributed by atoms with E-state index in [9.17, 15) is 0 Å². The van der Waals surface area contributed by atoms with Gasteiger partial charge >= 0.3 is 0 Å². The molecule has 0 saturated heterocycles. The van der Waals surface area contributed by atoms with Gasteiger partial charge in [-0.05, 0) is 0 Å². The van der Waals surface area contributed by atoms with Crippen LogP contribution in [-0.2, 0) is 0 Å². The molecular weight excluding hydrogens is 146 g/mol. The van der Waals surface area contributed by atoms with E-state index in [0.717, 1.165) is 8.97 Å². The molecule has 0 fully saturated rings. The third-order valence-electron chi connectivity index (χ3n) is 0. The van der Waals surface area contributed by atoms with Gasteiger partial charge in [0.25, 0.3) is 0 Å². The molecule has 0 unspecified atom stereocenters. The maximum absolute atomic E-state index is 2.12. The third kappa shape index (κ3) is 331000. The molecular formula is C8H32B2N2. The molecule has 0 radical (unpaired) electrons. The van der Waals surface area contributed by atoms with Gasteiger partial charge in [0.05, 0.1) is 56.4 Å². The quantitative estimate of drug-likeness (QED) is 0.290. The molecule has 0 aliphatic carbocycles. The van der Waals surface area contributed by atoms with Gasteiger partial charge in [0.15, 0.2) is 0 Å². The van der Waals surface area contributed by atoms with Gasteiger partial charge in [-0.15, -0.1) is 0 Å². The van der Waals surface area contributed by atoms with Crippen molar-refractivity contribution < 1.29 is 8.97 Å². The second kappa shape index (κ2) is 7.69. The maximum Gasteiger partial charge on any atom is 0.0675 e. The Kier molecular flexibility index (Phi) is 14.5. The van der Waals surface area contributed by atoms with Crippen molar-refractivity contribution in [1.82, 2.24) is 0 Å². The van der Waals surface area contributed by atoms with Gasteiger partial charge in [-0.1, -0.05) is 16.8 Å². The van der Waals surface area contributed by atoms with Crippen LogP contribution in [0.3, 0.4) is 0 Å². The van der Waals surface area contributed by atoms with Gasteiger partial charge in [-0.2, -0.15) is 0 Å². The van der Waals surface area contributed by atoms with Crippen LogP contribution in [0, 0.1) is 0 Å². The highest BCUT2D eigenvalue weighted by Crippen LogP contribution is 1.74. The van der Waals surface area contributed by atoms with Gasteiger partial charge < -0.3 is 8.97 Å². The molecule has 0 spiro atoms. The molecule has 0 aliphatic heterocycles. The van der Waals surface area contributed by atoms with Crippen molar-refractivity contribution in [3.63, 3.8) is 0 Å². The Morgan fingerprint density at radius 1 is 0.417 bits per heavy atom. The van der Waals surface area contributed by atoms with E-state index in [1.807, 2.05) is 0 Å². The van der Waals surface area contributed by atoms with Crippen LogP contribution < -0.4 is 0 Å². The summed E-state index contributed by atoms with van der Waals surface area (Å²) in [6.45, 7) is 0. The molecule has 0 atom stereocenters. The normalized spacial score (nSPS) is 10.0. The maximum atomic E-state index is 2.12. The zero-order chi connectivity index (χ0) is 9.00. The minimum absolute atomic E-state index is 0. The average molecular weight is 178 g/mol. The van der Waals surface area contributed by atoms with Crippen molar-refractivity contribution in [3.8, 4) is 0 Å². The van der Waals surface area contributed by atoms with Crippen LogP contribution in [0.5, 0.6) is 0 Å². The van der Waals surface area contributed by atoms with E-state index in [1.165, 1.54) is 0 Å².